The highest BCUT2D eigenvalue weighted by atomic mass is 35.5. The maximum atomic E-state index is 11.9. The zero-order valence-electron chi connectivity index (χ0n) is 12.8. The molecule has 0 aliphatic heterocycles. The van der Waals surface area contributed by atoms with Crippen LogP contribution in [0.2, 0.25) is 5.02 Å². The monoisotopic (exact) mass is 343 g/mol. The number of hydrogen-bond donors (Lipinski definition) is 2. The zero-order valence-corrected chi connectivity index (χ0v) is 13.6. The van der Waals surface area contributed by atoms with Crippen molar-refractivity contribution in [3.05, 3.63) is 64.2 Å². The number of hydrazine groups is 1. The molecule has 0 radical (unpaired) electrons. The fraction of sp³-hybridized carbons (Fsp3) is 0.118. The van der Waals surface area contributed by atoms with Gasteiger partial charge in [-0.2, -0.15) is 5.26 Å². The number of rotatable bonds is 4. The van der Waals surface area contributed by atoms with E-state index in [1.807, 2.05) is 13.0 Å². The third-order valence-corrected chi connectivity index (χ3v) is 3.30. The Kier molecular flexibility index (Phi) is 5.77. The Morgan fingerprint density at radius 1 is 1.21 bits per heavy atom. The normalized spacial score (nSPS) is 9.71. The Labute approximate surface area is 144 Å². The summed E-state index contributed by atoms with van der Waals surface area (Å²) in [6.45, 7) is 1.55. The van der Waals surface area contributed by atoms with Gasteiger partial charge in [0.15, 0.2) is 6.61 Å². The second-order valence-corrected chi connectivity index (χ2v) is 5.33. The summed E-state index contributed by atoms with van der Waals surface area (Å²) in [6, 6.07) is 13.1. The van der Waals surface area contributed by atoms with Crippen molar-refractivity contribution in [1.82, 2.24) is 10.9 Å². The van der Waals surface area contributed by atoms with Crippen molar-refractivity contribution in [1.29, 1.82) is 5.26 Å². The summed E-state index contributed by atoms with van der Waals surface area (Å²) in [4.78, 5) is 23.6. The Morgan fingerprint density at radius 3 is 2.71 bits per heavy atom. The van der Waals surface area contributed by atoms with Gasteiger partial charge in [-0.25, -0.2) is 0 Å². The quantitative estimate of drug-likeness (QED) is 0.834. The lowest BCUT2D eigenvalue weighted by atomic mass is 10.1. The Balaban J connectivity index is 1.84. The maximum Gasteiger partial charge on any atom is 0.276 e. The predicted octanol–water partition coefficient (Wildman–Crippen LogP) is 2.36. The van der Waals surface area contributed by atoms with Crippen LogP contribution >= 0.6 is 11.6 Å². The van der Waals surface area contributed by atoms with E-state index in [1.54, 1.807) is 30.3 Å². The molecule has 0 aromatic heterocycles. The van der Waals surface area contributed by atoms with E-state index in [-0.39, 0.29) is 12.2 Å². The first-order valence-corrected chi connectivity index (χ1v) is 7.35. The molecule has 0 saturated carbocycles. The van der Waals surface area contributed by atoms with Crippen LogP contribution in [0.15, 0.2) is 42.5 Å². The minimum atomic E-state index is -0.525. The number of hydrogen-bond acceptors (Lipinski definition) is 4. The smallest absolute Gasteiger partial charge is 0.276 e. The second-order valence-electron chi connectivity index (χ2n) is 4.89. The van der Waals surface area contributed by atoms with Gasteiger partial charge >= 0.3 is 0 Å². The van der Waals surface area contributed by atoms with Crippen molar-refractivity contribution >= 4 is 23.4 Å². The Bertz CT molecular complexity index is 815. The number of nitriles is 1. The van der Waals surface area contributed by atoms with Gasteiger partial charge in [-0.05, 0) is 48.9 Å². The number of ether oxygens (including phenoxy) is 1. The van der Waals surface area contributed by atoms with Gasteiger partial charge in [-0.1, -0.05) is 17.7 Å². The molecule has 6 nitrogen and oxygen atoms in total. The predicted molar refractivity (Wildman–Crippen MR) is 88.4 cm³/mol. The second kappa shape index (κ2) is 7.99. The van der Waals surface area contributed by atoms with Crippen LogP contribution in [0.3, 0.4) is 0 Å². The van der Waals surface area contributed by atoms with Crippen molar-refractivity contribution in [2.75, 3.05) is 6.61 Å². The average molecular weight is 344 g/mol. The van der Waals surface area contributed by atoms with Crippen LogP contribution in [-0.2, 0) is 4.79 Å². The molecule has 2 N–H and O–H groups in total. The molecule has 0 unspecified atom stereocenters. The standard InChI is InChI=1S/C17H14ClN3O3/c1-11-7-14(18)5-6-15(11)24-10-16(22)20-21-17(23)13-4-2-3-12(8-13)9-19/h2-8H,10H2,1H3,(H,20,22)(H,21,23). The summed E-state index contributed by atoms with van der Waals surface area (Å²) in [5.41, 5.74) is 5.93. The molecule has 122 valence electrons. The van der Waals surface area contributed by atoms with E-state index in [2.05, 4.69) is 10.9 Å². The van der Waals surface area contributed by atoms with Gasteiger partial charge in [0.05, 0.1) is 11.6 Å². The van der Waals surface area contributed by atoms with Gasteiger partial charge in [0.2, 0.25) is 0 Å². The SMILES string of the molecule is Cc1cc(Cl)ccc1OCC(=O)NNC(=O)c1cccc(C#N)c1. The van der Waals surface area contributed by atoms with E-state index in [9.17, 15) is 9.59 Å². The fourth-order valence-electron chi connectivity index (χ4n) is 1.88. The molecule has 7 heteroatoms. The van der Waals surface area contributed by atoms with Crippen molar-refractivity contribution in [3.63, 3.8) is 0 Å². The third-order valence-electron chi connectivity index (χ3n) is 3.07. The number of nitrogens with one attached hydrogen (secondary N) is 2. The maximum absolute atomic E-state index is 11.9. The number of carbonyl (C=O) groups excluding carboxylic acids is 2. The van der Waals surface area contributed by atoms with Crippen LogP contribution in [0.25, 0.3) is 0 Å². The average Bonchev–Trinajstić information content (AvgIpc) is 2.59. The lowest BCUT2D eigenvalue weighted by Gasteiger charge is -2.10. The molecule has 2 rings (SSSR count). The van der Waals surface area contributed by atoms with Crippen molar-refractivity contribution in [3.8, 4) is 11.8 Å². The van der Waals surface area contributed by atoms with Crippen LogP contribution in [0.4, 0.5) is 0 Å². The number of carbonyl (C=O) groups is 2. The summed E-state index contributed by atoms with van der Waals surface area (Å²) in [5.74, 6) is -0.514. The van der Waals surface area contributed by atoms with E-state index >= 15 is 0 Å². The molecule has 2 aromatic carbocycles. The van der Waals surface area contributed by atoms with Gasteiger partial charge in [-0.15, -0.1) is 0 Å². The van der Waals surface area contributed by atoms with Crippen LogP contribution in [0, 0.1) is 18.3 Å². The van der Waals surface area contributed by atoms with Crippen LogP contribution in [0.5, 0.6) is 5.75 Å². The number of nitrogens with zero attached hydrogens (tertiary/aromatic N) is 1. The van der Waals surface area contributed by atoms with Gasteiger partial charge in [0.25, 0.3) is 11.8 Å². The first-order valence-electron chi connectivity index (χ1n) is 6.98. The van der Waals surface area contributed by atoms with Crippen molar-refractivity contribution in [2.45, 2.75) is 6.92 Å². The lowest BCUT2D eigenvalue weighted by Crippen LogP contribution is -2.43. The topological polar surface area (TPSA) is 91.2 Å². The van der Waals surface area contributed by atoms with E-state index in [4.69, 9.17) is 21.6 Å². The number of halogens is 1. The number of amides is 2. The van der Waals surface area contributed by atoms with Gasteiger partial charge < -0.3 is 4.74 Å². The minimum Gasteiger partial charge on any atom is -0.483 e. The van der Waals surface area contributed by atoms with Crippen molar-refractivity contribution < 1.29 is 14.3 Å². The van der Waals surface area contributed by atoms with Gasteiger partial charge in [0.1, 0.15) is 5.75 Å². The van der Waals surface area contributed by atoms with Gasteiger partial charge in [-0.3, -0.25) is 20.4 Å². The first kappa shape index (κ1) is 17.3. The van der Waals surface area contributed by atoms with Crippen LogP contribution in [0.1, 0.15) is 21.5 Å². The van der Waals surface area contributed by atoms with E-state index in [0.29, 0.717) is 16.3 Å². The highest BCUT2D eigenvalue weighted by Gasteiger charge is 2.09. The summed E-state index contributed by atoms with van der Waals surface area (Å²) in [5, 5.41) is 9.38. The molecule has 0 heterocycles. The highest BCUT2D eigenvalue weighted by molar-refractivity contribution is 6.30. The zero-order chi connectivity index (χ0) is 17.5. The molecule has 0 aliphatic carbocycles. The Morgan fingerprint density at radius 2 is 2.00 bits per heavy atom. The molecule has 24 heavy (non-hydrogen) atoms. The number of benzene rings is 2. The molecule has 0 fully saturated rings. The molecule has 2 amide bonds. The number of aryl methyl sites for hydroxylation is 1. The minimum absolute atomic E-state index is 0.263. The summed E-state index contributed by atoms with van der Waals surface area (Å²) < 4.78 is 5.36. The van der Waals surface area contributed by atoms with Crippen LogP contribution < -0.4 is 15.6 Å². The largest absolute Gasteiger partial charge is 0.483 e. The molecule has 0 aliphatic rings. The molecule has 0 bridgehead atoms. The lowest BCUT2D eigenvalue weighted by molar-refractivity contribution is -0.123. The van der Waals surface area contributed by atoms with E-state index < -0.39 is 11.8 Å². The van der Waals surface area contributed by atoms with Gasteiger partial charge in [0, 0.05) is 10.6 Å². The molecule has 2 aromatic rings. The molecular formula is C17H14ClN3O3. The molecule has 0 atom stereocenters. The summed E-state index contributed by atoms with van der Waals surface area (Å²) in [6.07, 6.45) is 0. The fourth-order valence-corrected chi connectivity index (χ4v) is 2.11. The molecule has 0 saturated heterocycles. The summed E-state index contributed by atoms with van der Waals surface area (Å²) >= 11 is 5.84. The van der Waals surface area contributed by atoms with E-state index in [0.717, 1.165) is 5.56 Å². The molecule has 0 spiro atoms. The first-order chi connectivity index (χ1) is 11.5. The molecular weight excluding hydrogens is 330 g/mol. The van der Waals surface area contributed by atoms with E-state index in [1.165, 1.54) is 12.1 Å². The van der Waals surface area contributed by atoms with Crippen molar-refractivity contribution in [2.24, 2.45) is 0 Å². The third kappa shape index (κ3) is 4.73. The Hall–Kier alpha value is -3.04. The highest BCUT2D eigenvalue weighted by Crippen LogP contribution is 2.21. The summed E-state index contributed by atoms with van der Waals surface area (Å²) in [7, 11) is 0. The van der Waals surface area contributed by atoms with Crippen LogP contribution in [-0.4, -0.2) is 18.4 Å².